The Morgan fingerprint density at radius 3 is 1.05 bits per heavy atom. The first kappa shape index (κ1) is 42.6. The summed E-state index contributed by atoms with van der Waals surface area (Å²) in [5.41, 5.74) is 6.01. The third kappa shape index (κ3) is 10.0. The third-order valence-corrected chi connectivity index (χ3v) is 28.9. The van der Waals surface area contributed by atoms with E-state index in [1.807, 2.05) is 0 Å². The van der Waals surface area contributed by atoms with Crippen LogP contribution in [0, 0.1) is 5.92 Å². The molecular formula is C37H76O3Si3. The van der Waals surface area contributed by atoms with E-state index in [0.717, 1.165) is 11.3 Å². The van der Waals surface area contributed by atoms with E-state index in [-0.39, 0.29) is 5.92 Å². The molecule has 0 aliphatic heterocycles. The normalized spacial score (nSPS) is 14.7. The van der Waals surface area contributed by atoms with Crippen LogP contribution in [-0.4, -0.2) is 38.2 Å². The first-order valence-corrected chi connectivity index (χ1v) is 24.0. The highest BCUT2D eigenvalue weighted by Crippen LogP contribution is 2.45. The van der Waals surface area contributed by atoms with Crippen molar-refractivity contribution in [2.24, 2.45) is 5.92 Å². The van der Waals surface area contributed by atoms with Crippen LogP contribution in [0.4, 0.5) is 0 Å². The van der Waals surface area contributed by atoms with Crippen LogP contribution in [0.1, 0.15) is 132 Å². The summed E-state index contributed by atoms with van der Waals surface area (Å²) in [7, 11) is -6.03. The molecule has 0 aliphatic rings. The fourth-order valence-electron chi connectivity index (χ4n) is 8.76. The van der Waals surface area contributed by atoms with Gasteiger partial charge >= 0.3 is 0 Å². The van der Waals surface area contributed by atoms with Crippen molar-refractivity contribution in [1.82, 2.24) is 0 Å². The van der Waals surface area contributed by atoms with E-state index in [9.17, 15) is 0 Å². The van der Waals surface area contributed by atoms with Crippen molar-refractivity contribution in [2.45, 2.75) is 181 Å². The summed E-state index contributed by atoms with van der Waals surface area (Å²) in [6.07, 6.45) is 6.72. The zero-order valence-corrected chi connectivity index (χ0v) is 35.4. The molecule has 43 heavy (non-hydrogen) atoms. The molecule has 0 heterocycles. The highest BCUT2D eigenvalue weighted by atomic mass is 28.4. The average molecular weight is 653 g/mol. The summed E-state index contributed by atoms with van der Waals surface area (Å²) >= 11 is 0. The molecule has 0 unspecified atom stereocenters. The van der Waals surface area contributed by atoms with Crippen molar-refractivity contribution < 1.29 is 13.3 Å². The van der Waals surface area contributed by atoms with Crippen LogP contribution in [0.15, 0.2) is 36.1 Å². The van der Waals surface area contributed by atoms with Crippen LogP contribution >= 0.6 is 0 Å². The van der Waals surface area contributed by atoms with Gasteiger partial charge in [-0.15, -0.1) is 0 Å². The van der Waals surface area contributed by atoms with Crippen molar-refractivity contribution in [3.05, 3.63) is 36.1 Å². The molecule has 0 rings (SSSR count). The summed E-state index contributed by atoms with van der Waals surface area (Å²) < 4.78 is 21.2. The minimum absolute atomic E-state index is 0.194. The molecule has 0 saturated heterocycles. The predicted octanol–water partition coefficient (Wildman–Crippen LogP) is 13.2. The van der Waals surface area contributed by atoms with Gasteiger partial charge in [0.15, 0.2) is 16.6 Å². The minimum Gasteiger partial charge on any atom is -0.543 e. The standard InChI is InChI=1S/C37H76O3Si3/c1-26(2)41(27(3)4,28(5)6)38-24-37(25-39-42(29(7)8,30(9)10)31(11)12)23-21-22-35(19)36(20)40-43(32(13)14,33(15)16)34(17)18/h21-23,26-34,37H,20,24-25H2,1-19H3/b23-21+,35-22+. The SMILES string of the molecule is C=C(O[Si](C(C)C)(C(C)C)C(C)C)/C(C)=C/C=C/C(CO[Si](C(C)C)(C(C)C)C(C)C)CO[Si](C(C)C)(C(C)C)C(C)C. The summed E-state index contributed by atoms with van der Waals surface area (Å²) in [6.45, 7) is 50.4. The van der Waals surface area contributed by atoms with Crippen LogP contribution in [0.5, 0.6) is 0 Å². The van der Waals surface area contributed by atoms with Crippen LogP contribution in [0.3, 0.4) is 0 Å². The van der Waals surface area contributed by atoms with Gasteiger partial charge in [0.05, 0.1) is 5.76 Å². The first-order chi connectivity index (χ1) is 19.6. The molecule has 0 spiro atoms. The van der Waals surface area contributed by atoms with E-state index >= 15 is 0 Å². The number of rotatable bonds is 20. The van der Waals surface area contributed by atoms with Crippen LogP contribution in [0.25, 0.3) is 0 Å². The fraction of sp³-hybridized carbons (Fsp3) is 0.838. The first-order valence-electron chi connectivity index (χ1n) is 17.6. The molecule has 0 aromatic rings. The maximum Gasteiger partial charge on any atom is 0.258 e. The molecule has 0 aromatic heterocycles. The van der Waals surface area contributed by atoms with Crippen LogP contribution in [0.2, 0.25) is 49.9 Å². The van der Waals surface area contributed by atoms with E-state index in [2.05, 4.69) is 156 Å². The average Bonchev–Trinajstić information content (AvgIpc) is 2.85. The Balaban J connectivity index is 6.41. The molecule has 0 atom stereocenters. The molecule has 0 amide bonds. The van der Waals surface area contributed by atoms with Crippen molar-refractivity contribution in [2.75, 3.05) is 13.2 Å². The monoisotopic (exact) mass is 653 g/mol. The highest BCUT2D eigenvalue weighted by Gasteiger charge is 2.48. The van der Waals surface area contributed by atoms with Gasteiger partial charge in [-0.1, -0.05) is 149 Å². The second-order valence-corrected chi connectivity index (χ2v) is 32.4. The summed E-state index contributed by atoms with van der Waals surface area (Å²) in [5, 5.41) is 0. The molecule has 0 bridgehead atoms. The molecule has 6 heteroatoms. The topological polar surface area (TPSA) is 27.7 Å². The molecule has 3 nitrogen and oxygen atoms in total. The van der Waals surface area contributed by atoms with Crippen LogP contribution < -0.4 is 0 Å². The summed E-state index contributed by atoms with van der Waals surface area (Å²) in [5.74, 6) is 1.02. The van der Waals surface area contributed by atoms with Gasteiger partial charge in [-0.2, -0.15) is 0 Å². The minimum atomic E-state index is -2.04. The Morgan fingerprint density at radius 1 is 0.512 bits per heavy atom. The van der Waals surface area contributed by atoms with Gasteiger partial charge in [-0.05, 0) is 62.4 Å². The molecule has 254 valence electrons. The molecule has 0 fully saturated rings. The van der Waals surface area contributed by atoms with Crippen molar-refractivity contribution in [3.63, 3.8) is 0 Å². The number of allylic oxidation sites excluding steroid dienone is 3. The second kappa shape index (κ2) is 18.1. The number of hydrogen-bond donors (Lipinski definition) is 0. The Hall–Kier alpha value is -0.409. The zero-order valence-electron chi connectivity index (χ0n) is 32.4. The summed E-state index contributed by atoms with van der Waals surface area (Å²) in [6, 6.07) is 0. The van der Waals surface area contributed by atoms with Crippen LogP contribution in [-0.2, 0) is 13.3 Å². The van der Waals surface area contributed by atoms with Gasteiger partial charge in [0.25, 0.3) is 8.32 Å². The van der Waals surface area contributed by atoms with Crippen molar-refractivity contribution >= 4 is 25.0 Å². The zero-order chi connectivity index (χ0) is 34.1. The van der Waals surface area contributed by atoms with Crippen molar-refractivity contribution in [1.29, 1.82) is 0 Å². The van der Waals surface area contributed by atoms with E-state index in [4.69, 9.17) is 13.3 Å². The second-order valence-electron chi connectivity index (χ2n) is 16.1. The van der Waals surface area contributed by atoms with E-state index < -0.39 is 25.0 Å². The van der Waals surface area contributed by atoms with Gasteiger partial charge in [0, 0.05) is 19.1 Å². The van der Waals surface area contributed by atoms with Gasteiger partial charge in [-0.3, -0.25) is 0 Å². The molecule has 0 radical (unpaired) electrons. The Morgan fingerprint density at radius 2 is 0.791 bits per heavy atom. The fourth-order valence-corrected chi connectivity index (χ4v) is 25.1. The lowest BCUT2D eigenvalue weighted by Crippen LogP contribution is -2.50. The highest BCUT2D eigenvalue weighted by molar-refractivity contribution is 6.78. The number of hydrogen-bond acceptors (Lipinski definition) is 3. The lowest BCUT2D eigenvalue weighted by molar-refractivity contribution is 0.175. The van der Waals surface area contributed by atoms with Gasteiger partial charge in [0.2, 0.25) is 0 Å². The Labute approximate surface area is 274 Å². The molecule has 0 N–H and O–H groups in total. The predicted molar refractivity (Wildman–Crippen MR) is 202 cm³/mol. The van der Waals surface area contributed by atoms with E-state index in [1.54, 1.807) is 0 Å². The lowest BCUT2D eigenvalue weighted by Gasteiger charge is -2.44. The molecule has 0 aliphatic carbocycles. The van der Waals surface area contributed by atoms with Gasteiger partial charge in [-0.25, -0.2) is 0 Å². The largest absolute Gasteiger partial charge is 0.543 e. The van der Waals surface area contributed by atoms with Gasteiger partial charge < -0.3 is 13.3 Å². The maximum absolute atomic E-state index is 7.14. The van der Waals surface area contributed by atoms with Crippen molar-refractivity contribution in [3.8, 4) is 0 Å². The smallest absolute Gasteiger partial charge is 0.258 e. The van der Waals surface area contributed by atoms with Gasteiger partial charge in [0.1, 0.15) is 0 Å². The van der Waals surface area contributed by atoms with E-state index in [1.165, 1.54) is 0 Å². The Kier molecular flexibility index (Phi) is 17.9. The Bertz CT molecular complexity index is 780. The molecule has 0 aromatic carbocycles. The van der Waals surface area contributed by atoms with E-state index in [0.29, 0.717) is 63.1 Å². The third-order valence-electron chi connectivity index (χ3n) is 10.7. The summed E-state index contributed by atoms with van der Waals surface area (Å²) in [4.78, 5) is 0. The molecular weight excluding hydrogens is 577 g/mol. The quantitative estimate of drug-likeness (QED) is 0.0744. The lowest BCUT2D eigenvalue weighted by atomic mass is 10.1. The molecule has 0 saturated carbocycles. The maximum atomic E-state index is 7.14.